The van der Waals surface area contributed by atoms with Gasteiger partial charge < -0.3 is 14.8 Å². The van der Waals surface area contributed by atoms with Crippen molar-refractivity contribution in [2.75, 3.05) is 11.9 Å². The van der Waals surface area contributed by atoms with Crippen molar-refractivity contribution in [3.63, 3.8) is 0 Å². The van der Waals surface area contributed by atoms with E-state index in [9.17, 15) is 9.59 Å². The number of benzene rings is 2. The molecule has 2 aromatic rings. The number of amides is 1. The Hall–Kier alpha value is -1.95. The number of ether oxygens (including phenoxy) is 2. The molecule has 0 aromatic heterocycles. The van der Waals surface area contributed by atoms with Gasteiger partial charge in [0.1, 0.15) is 5.75 Å². The van der Waals surface area contributed by atoms with Gasteiger partial charge in [0.15, 0.2) is 12.7 Å². The van der Waals surface area contributed by atoms with Crippen LogP contribution in [0, 0.1) is 0 Å². The molecule has 0 spiro atoms. The van der Waals surface area contributed by atoms with Gasteiger partial charge in [-0.05, 0) is 43.3 Å². The van der Waals surface area contributed by atoms with Crippen LogP contribution in [0.25, 0.3) is 0 Å². The van der Waals surface area contributed by atoms with Gasteiger partial charge in [-0.1, -0.05) is 40.9 Å². The summed E-state index contributed by atoms with van der Waals surface area (Å²) in [5.41, 5.74) is 0.505. The Morgan fingerprint density at radius 2 is 1.80 bits per heavy atom. The van der Waals surface area contributed by atoms with Crippen LogP contribution in [0.2, 0.25) is 15.1 Å². The first-order valence-electron chi connectivity index (χ1n) is 7.19. The van der Waals surface area contributed by atoms with E-state index >= 15 is 0 Å². The van der Waals surface area contributed by atoms with Crippen molar-refractivity contribution in [1.82, 2.24) is 0 Å². The van der Waals surface area contributed by atoms with Gasteiger partial charge in [0.2, 0.25) is 0 Å². The third kappa shape index (κ3) is 6.12. The lowest BCUT2D eigenvalue weighted by Gasteiger charge is -2.15. The number of hydrogen-bond acceptors (Lipinski definition) is 4. The summed E-state index contributed by atoms with van der Waals surface area (Å²) in [5.74, 6) is -0.904. The molecule has 0 radical (unpaired) electrons. The van der Waals surface area contributed by atoms with Crippen LogP contribution in [0.15, 0.2) is 42.5 Å². The first kappa shape index (κ1) is 19.4. The van der Waals surface area contributed by atoms with Gasteiger partial charge in [-0.3, -0.25) is 4.79 Å². The predicted octanol–water partition coefficient (Wildman–Crippen LogP) is 4.60. The van der Waals surface area contributed by atoms with Crippen LogP contribution in [-0.4, -0.2) is 24.6 Å². The first-order valence-corrected chi connectivity index (χ1v) is 8.32. The molecule has 0 bridgehead atoms. The Morgan fingerprint density at radius 1 is 1.08 bits per heavy atom. The molecule has 0 saturated carbocycles. The lowest BCUT2D eigenvalue weighted by molar-refractivity contribution is -0.153. The number of nitrogens with one attached hydrogen (secondary N) is 1. The summed E-state index contributed by atoms with van der Waals surface area (Å²) in [6.07, 6.45) is -0.947. The van der Waals surface area contributed by atoms with Crippen molar-refractivity contribution >= 4 is 52.4 Å². The molecule has 1 N–H and O–H groups in total. The average Bonchev–Trinajstić information content (AvgIpc) is 2.55. The number of carbonyl (C=O) groups excluding carboxylic acids is 2. The van der Waals surface area contributed by atoms with E-state index < -0.39 is 24.6 Å². The third-order valence-electron chi connectivity index (χ3n) is 2.98. The quantitative estimate of drug-likeness (QED) is 0.717. The number of esters is 1. The fraction of sp³-hybridized carbons (Fsp3) is 0.176. The second-order valence-corrected chi connectivity index (χ2v) is 6.28. The molecule has 0 unspecified atom stereocenters. The summed E-state index contributed by atoms with van der Waals surface area (Å²) in [6.45, 7) is 1.04. The van der Waals surface area contributed by atoms with E-state index in [2.05, 4.69) is 5.32 Å². The Labute approximate surface area is 159 Å². The highest BCUT2D eigenvalue weighted by Gasteiger charge is 2.19. The molecule has 132 valence electrons. The molecular formula is C17H14Cl3NO4. The Kier molecular flexibility index (Phi) is 6.93. The predicted molar refractivity (Wildman–Crippen MR) is 97.6 cm³/mol. The zero-order chi connectivity index (χ0) is 18.4. The van der Waals surface area contributed by atoms with Crippen molar-refractivity contribution in [2.45, 2.75) is 13.0 Å². The largest absolute Gasteiger partial charge is 0.477 e. The molecule has 1 atom stereocenters. The Bertz CT molecular complexity index is 782. The highest BCUT2D eigenvalue weighted by Crippen LogP contribution is 2.28. The molecule has 2 aromatic carbocycles. The number of carbonyl (C=O) groups is 2. The summed E-state index contributed by atoms with van der Waals surface area (Å²) >= 11 is 17.6. The van der Waals surface area contributed by atoms with Gasteiger partial charge in [0.25, 0.3) is 5.91 Å². The molecule has 0 aliphatic heterocycles. The standard InChI is InChI=1S/C17H14Cl3NO4/c1-10(25-15-6-5-12(19)8-14(15)20)17(23)24-9-16(22)21-13-4-2-3-11(18)7-13/h2-8,10H,9H2,1H3,(H,21,22)/t10-/m0/s1. The third-order valence-corrected chi connectivity index (χ3v) is 3.75. The van der Waals surface area contributed by atoms with Gasteiger partial charge >= 0.3 is 5.97 Å². The molecule has 0 heterocycles. The zero-order valence-electron chi connectivity index (χ0n) is 13.1. The average molecular weight is 403 g/mol. The van der Waals surface area contributed by atoms with Gasteiger partial charge in [0, 0.05) is 15.7 Å². The summed E-state index contributed by atoms with van der Waals surface area (Å²) < 4.78 is 10.3. The molecule has 0 saturated heterocycles. The number of rotatable bonds is 6. The molecule has 2 rings (SSSR count). The van der Waals surface area contributed by atoms with Crippen LogP contribution in [0.4, 0.5) is 5.69 Å². The highest BCUT2D eigenvalue weighted by atomic mass is 35.5. The van der Waals surface area contributed by atoms with E-state index in [1.807, 2.05) is 0 Å². The Balaban J connectivity index is 1.83. The van der Waals surface area contributed by atoms with E-state index in [1.165, 1.54) is 13.0 Å². The molecule has 0 aliphatic carbocycles. The van der Waals surface area contributed by atoms with E-state index in [1.54, 1.807) is 36.4 Å². The minimum Gasteiger partial charge on any atom is -0.477 e. The van der Waals surface area contributed by atoms with Crippen molar-refractivity contribution in [3.05, 3.63) is 57.5 Å². The van der Waals surface area contributed by atoms with Gasteiger partial charge in [0.05, 0.1) is 5.02 Å². The van der Waals surface area contributed by atoms with Gasteiger partial charge in [-0.25, -0.2) is 4.79 Å². The van der Waals surface area contributed by atoms with Crippen LogP contribution in [0.1, 0.15) is 6.92 Å². The van der Waals surface area contributed by atoms with Crippen molar-refractivity contribution < 1.29 is 19.1 Å². The molecule has 8 heteroatoms. The fourth-order valence-corrected chi connectivity index (χ4v) is 2.47. The molecule has 0 aliphatic rings. The van der Waals surface area contributed by atoms with E-state index in [-0.39, 0.29) is 5.02 Å². The first-order chi connectivity index (χ1) is 11.8. The maximum absolute atomic E-state index is 11.9. The van der Waals surface area contributed by atoms with Crippen LogP contribution in [0.3, 0.4) is 0 Å². The SMILES string of the molecule is C[C@H](Oc1ccc(Cl)cc1Cl)C(=O)OCC(=O)Nc1cccc(Cl)c1. The summed E-state index contributed by atoms with van der Waals surface area (Å²) in [6, 6.07) is 11.2. The van der Waals surface area contributed by atoms with E-state index in [4.69, 9.17) is 44.3 Å². The Morgan fingerprint density at radius 3 is 2.48 bits per heavy atom. The van der Waals surface area contributed by atoms with Gasteiger partial charge in [-0.2, -0.15) is 0 Å². The summed E-state index contributed by atoms with van der Waals surface area (Å²) in [7, 11) is 0. The minimum absolute atomic E-state index is 0.269. The lowest BCUT2D eigenvalue weighted by Crippen LogP contribution is -2.29. The zero-order valence-corrected chi connectivity index (χ0v) is 15.4. The maximum atomic E-state index is 11.9. The topological polar surface area (TPSA) is 64.6 Å². The van der Waals surface area contributed by atoms with E-state index in [0.29, 0.717) is 21.5 Å². The van der Waals surface area contributed by atoms with E-state index in [0.717, 1.165) is 0 Å². The second-order valence-electron chi connectivity index (χ2n) is 5.00. The molecule has 5 nitrogen and oxygen atoms in total. The van der Waals surface area contributed by atoms with Crippen LogP contribution in [0.5, 0.6) is 5.75 Å². The monoisotopic (exact) mass is 401 g/mol. The number of halogens is 3. The van der Waals surface area contributed by atoms with Crippen LogP contribution >= 0.6 is 34.8 Å². The fourth-order valence-electron chi connectivity index (χ4n) is 1.83. The molecular weight excluding hydrogens is 389 g/mol. The van der Waals surface area contributed by atoms with Crippen molar-refractivity contribution in [3.8, 4) is 5.75 Å². The van der Waals surface area contributed by atoms with Crippen molar-refractivity contribution in [2.24, 2.45) is 0 Å². The maximum Gasteiger partial charge on any atom is 0.347 e. The number of hydrogen-bond donors (Lipinski definition) is 1. The molecule has 25 heavy (non-hydrogen) atoms. The minimum atomic E-state index is -0.947. The lowest BCUT2D eigenvalue weighted by atomic mass is 10.3. The molecule has 1 amide bonds. The second kappa shape index (κ2) is 8.94. The van der Waals surface area contributed by atoms with Crippen LogP contribution < -0.4 is 10.1 Å². The van der Waals surface area contributed by atoms with Crippen molar-refractivity contribution in [1.29, 1.82) is 0 Å². The molecule has 0 fully saturated rings. The summed E-state index contributed by atoms with van der Waals surface area (Å²) in [4.78, 5) is 23.7. The number of anilines is 1. The van der Waals surface area contributed by atoms with Crippen LogP contribution in [-0.2, 0) is 14.3 Å². The normalized spacial score (nSPS) is 11.5. The van der Waals surface area contributed by atoms with Gasteiger partial charge in [-0.15, -0.1) is 0 Å². The summed E-state index contributed by atoms with van der Waals surface area (Å²) in [5, 5.41) is 3.77. The smallest absolute Gasteiger partial charge is 0.347 e. The highest BCUT2D eigenvalue weighted by molar-refractivity contribution is 6.35.